The van der Waals surface area contributed by atoms with Crippen molar-refractivity contribution in [1.82, 2.24) is 5.32 Å². The fourth-order valence-corrected chi connectivity index (χ4v) is 0.539. The van der Waals surface area contributed by atoms with Crippen molar-refractivity contribution in [3.63, 3.8) is 0 Å². The molecule has 0 aromatic carbocycles. The Labute approximate surface area is 78.4 Å². The lowest BCUT2D eigenvalue weighted by Crippen LogP contribution is -2.42. The maximum atomic E-state index is 12.2. The molecule has 0 unspecified atom stereocenters. The molecule has 0 aliphatic heterocycles. The van der Waals surface area contributed by atoms with Crippen LogP contribution in [0.1, 0.15) is 6.92 Å². The molecule has 3 nitrogen and oxygen atoms in total. The zero-order chi connectivity index (χ0) is 11.2. The van der Waals surface area contributed by atoms with Gasteiger partial charge in [-0.25, -0.2) is 8.78 Å². The number of alkyl halides is 4. The van der Waals surface area contributed by atoms with Gasteiger partial charge in [-0.1, -0.05) is 0 Å². The highest BCUT2D eigenvalue weighted by molar-refractivity contribution is 5.77. The molecule has 0 aromatic heterocycles. The highest BCUT2D eigenvalue weighted by Crippen LogP contribution is 2.21. The van der Waals surface area contributed by atoms with E-state index < -0.39 is 31.4 Å². The summed E-state index contributed by atoms with van der Waals surface area (Å²) in [7, 11) is 0. The first kappa shape index (κ1) is 13.2. The van der Waals surface area contributed by atoms with Crippen LogP contribution < -0.4 is 5.32 Å². The molecule has 1 N–H and O–H groups in total. The third-order valence-corrected chi connectivity index (χ3v) is 1.28. The zero-order valence-electron chi connectivity index (χ0n) is 7.53. The number of ether oxygens (including phenoxy) is 1. The molecule has 0 rings (SSSR count). The average molecular weight is 217 g/mol. The number of halogens is 4. The van der Waals surface area contributed by atoms with Gasteiger partial charge in [0, 0.05) is 6.61 Å². The molecule has 0 heterocycles. The standard InChI is InChI=1S/C7H11F4NO2/c1-2-14-3-5(13)12-4-7(10,11)6(8)9/h6H,2-4H2,1H3,(H,12,13). The molecule has 0 radical (unpaired) electrons. The number of carbonyl (C=O) groups is 1. The molecule has 0 fully saturated rings. The van der Waals surface area contributed by atoms with Crippen molar-refractivity contribution in [3.05, 3.63) is 0 Å². The van der Waals surface area contributed by atoms with Gasteiger partial charge in [0.25, 0.3) is 0 Å². The van der Waals surface area contributed by atoms with E-state index in [4.69, 9.17) is 0 Å². The highest BCUT2D eigenvalue weighted by Gasteiger charge is 2.40. The third-order valence-electron chi connectivity index (χ3n) is 1.28. The van der Waals surface area contributed by atoms with Gasteiger partial charge >= 0.3 is 12.3 Å². The van der Waals surface area contributed by atoms with Gasteiger partial charge in [-0.3, -0.25) is 4.79 Å². The van der Waals surface area contributed by atoms with Crippen LogP contribution in [0.3, 0.4) is 0 Å². The molecule has 0 saturated heterocycles. The summed E-state index contributed by atoms with van der Waals surface area (Å²) < 4.78 is 52.2. The molecule has 0 aliphatic carbocycles. The molecule has 0 aliphatic rings. The Bertz CT molecular complexity index is 187. The summed E-state index contributed by atoms with van der Waals surface area (Å²) in [6, 6.07) is 0. The van der Waals surface area contributed by atoms with Gasteiger partial charge < -0.3 is 10.1 Å². The van der Waals surface area contributed by atoms with Gasteiger partial charge in [0.15, 0.2) is 0 Å². The van der Waals surface area contributed by atoms with E-state index in [0.29, 0.717) is 0 Å². The van der Waals surface area contributed by atoms with E-state index in [1.807, 2.05) is 0 Å². The summed E-state index contributed by atoms with van der Waals surface area (Å²) in [5, 5.41) is 1.65. The van der Waals surface area contributed by atoms with Crippen LogP contribution in [-0.2, 0) is 9.53 Å². The lowest BCUT2D eigenvalue weighted by atomic mass is 10.3. The van der Waals surface area contributed by atoms with Crippen molar-refractivity contribution in [2.24, 2.45) is 0 Å². The minimum Gasteiger partial charge on any atom is -0.372 e. The van der Waals surface area contributed by atoms with Crippen LogP contribution in [0, 0.1) is 0 Å². The van der Waals surface area contributed by atoms with Crippen LogP contribution in [0.25, 0.3) is 0 Å². The van der Waals surface area contributed by atoms with Crippen molar-refractivity contribution in [2.45, 2.75) is 19.3 Å². The molecule has 1 amide bonds. The van der Waals surface area contributed by atoms with Crippen molar-refractivity contribution in [1.29, 1.82) is 0 Å². The van der Waals surface area contributed by atoms with Crippen molar-refractivity contribution in [2.75, 3.05) is 19.8 Å². The van der Waals surface area contributed by atoms with Crippen LogP contribution >= 0.6 is 0 Å². The first-order valence-electron chi connectivity index (χ1n) is 3.90. The molecule has 14 heavy (non-hydrogen) atoms. The SMILES string of the molecule is CCOCC(=O)NCC(F)(F)C(F)F. The number of amides is 1. The first-order valence-corrected chi connectivity index (χ1v) is 3.90. The highest BCUT2D eigenvalue weighted by atomic mass is 19.3. The Hall–Kier alpha value is -0.850. The van der Waals surface area contributed by atoms with Gasteiger partial charge in [0.05, 0.1) is 6.54 Å². The molecule has 84 valence electrons. The third kappa shape index (κ3) is 5.00. The van der Waals surface area contributed by atoms with E-state index in [-0.39, 0.29) is 6.61 Å². The van der Waals surface area contributed by atoms with E-state index in [0.717, 1.165) is 0 Å². The molecule has 0 bridgehead atoms. The minimum atomic E-state index is -4.19. The van der Waals surface area contributed by atoms with Gasteiger partial charge in [-0.2, -0.15) is 8.78 Å². The van der Waals surface area contributed by atoms with Crippen molar-refractivity contribution >= 4 is 5.91 Å². The predicted molar refractivity (Wildman–Crippen MR) is 40.5 cm³/mol. The average Bonchev–Trinajstić information content (AvgIpc) is 2.11. The second-order valence-electron chi connectivity index (χ2n) is 2.48. The van der Waals surface area contributed by atoms with E-state index in [1.165, 1.54) is 0 Å². The molecule has 7 heteroatoms. The monoisotopic (exact) mass is 217 g/mol. The zero-order valence-corrected chi connectivity index (χ0v) is 7.53. The quantitative estimate of drug-likeness (QED) is 0.675. The lowest BCUT2D eigenvalue weighted by Gasteiger charge is -2.15. The van der Waals surface area contributed by atoms with Crippen molar-refractivity contribution in [3.8, 4) is 0 Å². The predicted octanol–water partition coefficient (Wildman–Crippen LogP) is 1.04. The number of hydrogen-bond donors (Lipinski definition) is 1. The van der Waals surface area contributed by atoms with Gasteiger partial charge in [-0.05, 0) is 6.92 Å². The number of carbonyl (C=O) groups excluding carboxylic acids is 1. The van der Waals surface area contributed by atoms with Crippen LogP contribution in [0.2, 0.25) is 0 Å². The summed E-state index contributed by atoms with van der Waals surface area (Å²) in [4.78, 5) is 10.7. The van der Waals surface area contributed by atoms with Crippen LogP contribution in [-0.4, -0.2) is 38.0 Å². The van der Waals surface area contributed by atoms with Crippen LogP contribution in [0.15, 0.2) is 0 Å². The van der Waals surface area contributed by atoms with Crippen molar-refractivity contribution < 1.29 is 27.1 Å². The van der Waals surface area contributed by atoms with E-state index in [9.17, 15) is 22.4 Å². The summed E-state index contributed by atoms with van der Waals surface area (Å²) in [5.41, 5.74) is 0. The van der Waals surface area contributed by atoms with E-state index in [1.54, 1.807) is 12.2 Å². The molecule has 0 aromatic rings. The topological polar surface area (TPSA) is 38.3 Å². The molecule has 0 saturated carbocycles. The Morgan fingerprint density at radius 1 is 1.50 bits per heavy atom. The molecular formula is C7H11F4NO2. The largest absolute Gasteiger partial charge is 0.372 e. The Kier molecular flexibility index (Phi) is 5.44. The lowest BCUT2D eigenvalue weighted by molar-refractivity contribution is -0.138. The second kappa shape index (κ2) is 5.79. The summed E-state index contributed by atoms with van der Waals surface area (Å²) >= 11 is 0. The van der Waals surface area contributed by atoms with E-state index in [2.05, 4.69) is 4.74 Å². The number of nitrogens with one attached hydrogen (secondary N) is 1. The maximum Gasteiger partial charge on any atom is 0.324 e. The molecular weight excluding hydrogens is 206 g/mol. The number of hydrogen-bond acceptors (Lipinski definition) is 2. The van der Waals surface area contributed by atoms with Crippen LogP contribution in [0.4, 0.5) is 17.6 Å². The van der Waals surface area contributed by atoms with Gasteiger partial charge in [0.1, 0.15) is 6.61 Å². The maximum absolute atomic E-state index is 12.2. The normalized spacial score (nSPS) is 11.9. The Morgan fingerprint density at radius 3 is 2.50 bits per heavy atom. The fraction of sp³-hybridized carbons (Fsp3) is 0.857. The Morgan fingerprint density at radius 2 is 2.07 bits per heavy atom. The summed E-state index contributed by atoms with van der Waals surface area (Å²) in [5.74, 6) is -5.03. The molecule has 0 atom stereocenters. The second-order valence-corrected chi connectivity index (χ2v) is 2.48. The van der Waals surface area contributed by atoms with Gasteiger partial charge in [0.2, 0.25) is 5.91 Å². The molecule has 0 spiro atoms. The first-order chi connectivity index (χ1) is 6.40. The smallest absolute Gasteiger partial charge is 0.324 e. The van der Waals surface area contributed by atoms with Gasteiger partial charge in [-0.15, -0.1) is 0 Å². The minimum absolute atomic E-state index is 0.249. The summed E-state index contributed by atoms with van der Waals surface area (Å²) in [6.07, 6.45) is -3.78. The summed E-state index contributed by atoms with van der Waals surface area (Å²) in [6.45, 7) is 0.0755. The fourth-order valence-electron chi connectivity index (χ4n) is 0.539. The van der Waals surface area contributed by atoms with Crippen LogP contribution in [0.5, 0.6) is 0 Å². The Balaban J connectivity index is 3.76. The van der Waals surface area contributed by atoms with E-state index >= 15 is 0 Å². The number of rotatable bonds is 6.